The molecule has 0 spiro atoms. The van der Waals surface area contributed by atoms with Gasteiger partial charge in [0.15, 0.2) is 0 Å². The molecule has 23 heavy (non-hydrogen) atoms. The van der Waals surface area contributed by atoms with Crippen molar-refractivity contribution in [2.45, 2.75) is 53.2 Å². The number of hydrogen-bond acceptors (Lipinski definition) is 4. The Labute approximate surface area is 140 Å². The van der Waals surface area contributed by atoms with Crippen LogP contribution in [0.25, 0.3) is 0 Å². The Kier molecular flexibility index (Phi) is 10.5. The Morgan fingerprint density at radius 1 is 1.09 bits per heavy atom. The highest BCUT2D eigenvalue weighted by Gasteiger charge is 2.15. The standard InChI is InChI=1S/C14H20N2O3.C4H10/c1-10(2)19-14(18)13(17)15-9-11-5-7-12(8-6-11)16(3)4;1-3-4-2/h5-8,10H,9H2,1-4H3,(H,15,17);3-4H2,1-2H3. The summed E-state index contributed by atoms with van der Waals surface area (Å²) in [5, 5.41) is 2.53. The number of amides is 1. The molecule has 0 aliphatic heterocycles. The van der Waals surface area contributed by atoms with Gasteiger partial charge in [0.05, 0.1) is 6.10 Å². The largest absolute Gasteiger partial charge is 0.456 e. The van der Waals surface area contributed by atoms with Gasteiger partial charge in [-0.25, -0.2) is 4.79 Å². The number of carbonyl (C=O) groups excluding carboxylic acids is 2. The third kappa shape index (κ3) is 9.55. The highest BCUT2D eigenvalue weighted by atomic mass is 16.5. The van der Waals surface area contributed by atoms with E-state index in [1.807, 2.05) is 43.3 Å². The van der Waals surface area contributed by atoms with Crippen LogP contribution in [0.15, 0.2) is 24.3 Å². The average Bonchev–Trinajstić information content (AvgIpc) is 2.52. The molecule has 0 bridgehead atoms. The molecule has 0 aliphatic carbocycles. The second-order valence-electron chi connectivity index (χ2n) is 5.70. The van der Waals surface area contributed by atoms with Crippen LogP contribution in [0.4, 0.5) is 5.69 Å². The minimum absolute atomic E-state index is 0.294. The lowest BCUT2D eigenvalue weighted by Gasteiger charge is -2.13. The van der Waals surface area contributed by atoms with E-state index >= 15 is 0 Å². The maximum atomic E-state index is 11.4. The number of carbonyl (C=O) groups is 2. The van der Waals surface area contributed by atoms with Crippen LogP contribution in [0.3, 0.4) is 0 Å². The van der Waals surface area contributed by atoms with Crippen molar-refractivity contribution < 1.29 is 14.3 Å². The van der Waals surface area contributed by atoms with Gasteiger partial charge in [-0.3, -0.25) is 4.79 Å². The molecule has 0 heterocycles. The first-order chi connectivity index (χ1) is 10.8. The molecule has 0 unspecified atom stereocenters. The van der Waals surface area contributed by atoms with Gasteiger partial charge in [0.25, 0.3) is 0 Å². The molecule has 1 aromatic carbocycles. The summed E-state index contributed by atoms with van der Waals surface area (Å²) in [7, 11) is 3.91. The Morgan fingerprint density at radius 2 is 1.61 bits per heavy atom. The van der Waals surface area contributed by atoms with Crippen molar-refractivity contribution in [2.75, 3.05) is 19.0 Å². The first kappa shape index (κ1) is 21.0. The summed E-state index contributed by atoms with van der Waals surface area (Å²) in [5.41, 5.74) is 2.01. The summed E-state index contributed by atoms with van der Waals surface area (Å²) in [6.45, 7) is 8.07. The Balaban J connectivity index is 0.00000108. The predicted molar refractivity (Wildman–Crippen MR) is 94.4 cm³/mol. The topological polar surface area (TPSA) is 58.6 Å². The van der Waals surface area contributed by atoms with Crippen molar-refractivity contribution >= 4 is 17.6 Å². The first-order valence-corrected chi connectivity index (χ1v) is 8.06. The fraction of sp³-hybridized carbons (Fsp3) is 0.556. The van der Waals surface area contributed by atoms with Gasteiger partial charge in [0.2, 0.25) is 0 Å². The van der Waals surface area contributed by atoms with Crippen LogP contribution in [0.2, 0.25) is 0 Å². The molecule has 0 radical (unpaired) electrons. The van der Waals surface area contributed by atoms with Gasteiger partial charge >= 0.3 is 11.9 Å². The molecule has 0 aromatic heterocycles. The summed E-state index contributed by atoms with van der Waals surface area (Å²) >= 11 is 0. The zero-order chi connectivity index (χ0) is 17.8. The molecule has 0 fully saturated rings. The molecular weight excluding hydrogens is 292 g/mol. The number of hydrogen-bond donors (Lipinski definition) is 1. The van der Waals surface area contributed by atoms with E-state index in [1.54, 1.807) is 13.8 Å². The van der Waals surface area contributed by atoms with E-state index in [0.29, 0.717) is 6.54 Å². The minimum Gasteiger partial charge on any atom is -0.456 e. The normalized spacial score (nSPS) is 9.70. The second kappa shape index (κ2) is 11.5. The Bertz CT molecular complexity index is 466. The van der Waals surface area contributed by atoms with Gasteiger partial charge in [-0.05, 0) is 31.5 Å². The summed E-state index contributed by atoms with van der Waals surface area (Å²) < 4.78 is 4.79. The summed E-state index contributed by atoms with van der Waals surface area (Å²) in [6, 6.07) is 7.72. The number of benzene rings is 1. The van der Waals surface area contributed by atoms with Crippen molar-refractivity contribution in [3.63, 3.8) is 0 Å². The molecule has 130 valence electrons. The monoisotopic (exact) mass is 322 g/mol. The number of ether oxygens (including phenoxy) is 1. The highest BCUT2D eigenvalue weighted by molar-refractivity contribution is 6.32. The van der Waals surface area contributed by atoms with Gasteiger partial charge in [-0.1, -0.05) is 38.8 Å². The van der Waals surface area contributed by atoms with Gasteiger partial charge in [-0.2, -0.15) is 0 Å². The fourth-order valence-corrected chi connectivity index (χ4v) is 1.43. The Hall–Kier alpha value is -2.04. The van der Waals surface area contributed by atoms with Crippen LogP contribution in [0.1, 0.15) is 46.1 Å². The van der Waals surface area contributed by atoms with E-state index in [0.717, 1.165) is 11.3 Å². The number of nitrogens with zero attached hydrogens (tertiary/aromatic N) is 1. The lowest BCUT2D eigenvalue weighted by Crippen LogP contribution is -2.33. The fourth-order valence-electron chi connectivity index (χ4n) is 1.43. The molecule has 0 saturated carbocycles. The minimum atomic E-state index is -0.847. The third-order valence-electron chi connectivity index (χ3n) is 2.93. The lowest BCUT2D eigenvalue weighted by molar-refractivity contribution is -0.157. The van der Waals surface area contributed by atoms with Crippen molar-refractivity contribution in [2.24, 2.45) is 0 Å². The zero-order valence-electron chi connectivity index (χ0n) is 15.2. The maximum absolute atomic E-state index is 11.4. The van der Waals surface area contributed by atoms with Gasteiger partial charge in [-0.15, -0.1) is 0 Å². The molecule has 1 amide bonds. The maximum Gasteiger partial charge on any atom is 0.397 e. The van der Waals surface area contributed by atoms with E-state index in [1.165, 1.54) is 12.8 Å². The van der Waals surface area contributed by atoms with E-state index in [9.17, 15) is 9.59 Å². The number of nitrogens with one attached hydrogen (secondary N) is 1. The van der Waals surface area contributed by atoms with Crippen molar-refractivity contribution in [3.8, 4) is 0 Å². The quantitative estimate of drug-likeness (QED) is 0.668. The van der Waals surface area contributed by atoms with Crippen LogP contribution in [0, 0.1) is 0 Å². The van der Waals surface area contributed by atoms with E-state index < -0.39 is 11.9 Å². The molecule has 0 atom stereocenters. The second-order valence-corrected chi connectivity index (χ2v) is 5.70. The van der Waals surface area contributed by atoms with Gasteiger partial charge in [0.1, 0.15) is 0 Å². The molecule has 1 rings (SSSR count). The first-order valence-electron chi connectivity index (χ1n) is 8.06. The summed E-state index contributed by atoms with van der Waals surface area (Å²) in [5.74, 6) is -1.56. The zero-order valence-corrected chi connectivity index (χ0v) is 15.2. The van der Waals surface area contributed by atoms with Crippen molar-refractivity contribution in [1.82, 2.24) is 5.32 Å². The molecule has 0 aliphatic rings. The molecule has 1 aromatic rings. The Morgan fingerprint density at radius 3 is 2.00 bits per heavy atom. The number of anilines is 1. The molecule has 5 nitrogen and oxygen atoms in total. The van der Waals surface area contributed by atoms with Crippen LogP contribution in [-0.2, 0) is 20.9 Å². The molecule has 5 heteroatoms. The van der Waals surface area contributed by atoms with Crippen LogP contribution in [0.5, 0.6) is 0 Å². The van der Waals surface area contributed by atoms with E-state index in [2.05, 4.69) is 19.2 Å². The summed E-state index contributed by atoms with van der Waals surface area (Å²) in [6.07, 6.45) is 2.35. The average molecular weight is 322 g/mol. The van der Waals surface area contributed by atoms with Crippen LogP contribution in [-0.4, -0.2) is 32.1 Å². The van der Waals surface area contributed by atoms with Gasteiger partial charge < -0.3 is 15.0 Å². The van der Waals surface area contributed by atoms with Crippen LogP contribution < -0.4 is 10.2 Å². The number of esters is 1. The van der Waals surface area contributed by atoms with Gasteiger partial charge in [0, 0.05) is 26.3 Å². The highest BCUT2D eigenvalue weighted by Crippen LogP contribution is 2.11. The lowest BCUT2D eigenvalue weighted by atomic mass is 10.2. The van der Waals surface area contributed by atoms with E-state index in [-0.39, 0.29) is 6.10 Å². The molecule has 1 N–H and O–H groups in total. The molecule has 0 saturated heterocycles. The van der Waals surface area contributed by atoms with Crippen molar-refractivity contribution in [1.29, 1.82) is 0 Å². The van der Waals surface area contributed by atoms with Crippen molar-refractivity contribution in [3.05, 3.63) is 29.8 Å². The molecular formula is C18H30N2O3. The van der Waals surface area contributed by atoms with Crippen LogP contribution >= 0.6 is 0 Å². The smallest absolute Gasteiger partial charge is 0.397 e. The predicted octanol–water partition coefficient (Wildman–Crippen LogP) is 3.13. The number of unbranched alkanes of at least 4 members (excludes halogenated alkanes) is 1. The summed E-state index contributed by atoms with van der Waals surface area (Å²) in [4.78, 5) is 24.7. The number of rotatable bonds is 5. The third-order valence-corrected chi connectivity index (χ3v) is 2.93. The van der Waals surface area contributed by atoms with E-state index in [4.69, 9.17) is 4.74 Å². The SMILES string of the molecule is CC(C)OC(=O)C(=O)NCc1ccc(N(C)C)cc1.CCCC.